The molecule has 1 aromatic carbocycles. The maximum atomic E-state index is 10.3. The Labute approximate surface area is 109 Å². The fraction of sp³-hybridized carbons (Fsp3) is 0.600. The van der Waals surface area contributed by atoms with E-state index >= 15 is 0 Å². The maximum Gasteiger partial charge on any atom is 0.120 e. The summed E-state index contributed by atoms with van der Waals surface area (Å²) in [5.74, 6) is 0.327. The van der Waals surface area contributed by atoms with Crippen molar-refractivity contribution in [2.24, 2.45) is 0 Å². The Kier molecular flexibility index (Phi) is 3.93. The predicted octanol–water partition coefficient (Wildman–Crippen LogP) is 2.66. The van der Waals surface area contributed by atoms with Crippen LogP contribution in [0.1, 0.15) is 49.8 Å². The van der Waals surface area contributed by atoms with Gasteiger partial charge in [0.25, 0.3) is 0 Å². The minimum absolute atomic E-state index is 0.0511. The molecule has 0 heterocycles. The van der Waals surface area contributed by atoms with Crippen LogP contribution in [0.2, 0.25) is 0 Å². The average Bonchev–Trinajstić information content (AvgIpc) is 2.74. The second kappa shape index (κ2) is 5.29. The molecule has 3 nitrogen and oxygen atoms in total. The third-order valence-electron chi connectivity index (χ3n) is 3.92. The summed E-state index contributed by atoms with van der Waals surface area (Å²) in [6, 6.07) is 5.77. The summed E-state index contributed by atoms with van der Waals surface area (Å²) in [6.45, 7) is 4.58. The minimum atomic E-state index is -0.547. The molecule has 3 heteroatoms. The molecule has 18 heavy (non-hydrogen) atoms. The molecule has 0 amide bonds. The highest BCUT2D eigenvalue weighted by Crippen LogP contribution is 2.30. The molecular formula is C15H23NO2. The zero-order valence-electron chi connectivity index (χ0n) is 11.2. The molecule has 1 fully saturated rings. The highest BCUT2D eigenvalue weighted by molar-refractivity contribution is 5.37. The van der Waals surface area contributed by atoms with Crippen LogP contribution in [0.5, 0.6) is 5.75 Å². The van der Waals surface area contributed by atoms with Crippen LogP contribution in [0.3, 0.4) is 0 Å². The van der Waals surface area contributed by atoms with E-state index in [1.165, 1.54) is 0 Å². The molecule has 1 aliphatic rings. The first kappa shape index (κ1) is 13.4. The normalized spacial score (nSPS) is 19.9. The molecule has 2 rings (SSSR count). The van der Waals surface area contributed by atoms with Gasteiger partial charge in [0.05, 0.1) is 5.60 Å². The van der Waals surface area contributed by atoms with Gasteiger partial charge in [-0.1, -0.05) is 25.0 Å². The Morgan fingerprint density at radius 2 is 2.00 bits per heavy atom. The largest absolute Gasteiger partial charge is 0.508 e. The van der Waals surface area contributed by atoms with E-state index in [-0.39, 0.29) is 6.04 Å². The number of aryl methyl sites for hydroxylation is 1. The molecule has 0 radical (unpaired) electrons. The fourth-order valence-electron chi connectivity index (χ4n) is 2.68. The number of phenolic OH excluding ortho intramolecular Hbond substituents is 1. The molecular weight excluding hydrogens is 226 g/mol. The van der Waals surface area contributed by atoms with Crippen LogP contribution in [0.15, 0.2) is 18.2 Å². The number of rotatable bonds is 4. The molecule has 100 valence electrons. The molecule has 0 spiro atoms. The van der Waals surface area contributed by atoms with Crippen molar-refractivity contribution >= 4 is 0 Å². The Morgan fingerprint density at radius 3 is 2.61 bits per heavy atom. The number of benzene rings is 1. The standard InChI is InChI=1S/C15H23NO2/c1-11-5-6-13(14(17)9-11)12(2)16-10-15(18)7-3-4-8-15/h5-6,9,12,16-18H,3-4,7-8,10H2,1-2H3. The maximum absolute atomic E-state index is 10.3. The first-order valence-corrected chi connectivity index (χ1v) is 6.75. The number of hydrogen-bond donors (Lipinski definition) is 3. The second-order valence-electron chi connectivity index (χ2n) is 5.60. The van der Waals surface area contributed by atoms with E-state index in [2.05, 4.69) is 5.32 Å². The van der Waals surface area contributed by atoms with Gasteiger partial charge >= 0.3 is 0 Å². The Hall–Kier alpha value is -1.06. The van der Waals surface area contributed by atoms with Crippen molar-refractivity contribution in [1.82, 2.24) is 5.32 Å². The van der Waals surface area contributed by atoms with Crippen molar-refractivity contribution in [3.8, 4) is 5.75 Å². The van der Waals surface area contributed by atoms with Gasteiger partial charge in [0.1, 0.15) is 5.75 Å². The predicted molar refractivity (Wildman–Crippen MR) is 72.7 cm³/mol. The van der Waals surface area contributed by atoms with Crippen molar-refractivity contribution < 1.29 is 10.2 Å². The molecule has 1 aliphatic carbocycles. The molecule has 1 saturated carbocycles. The van der Waals surface area contributed by atoms with E-state index in [0.29, 0.717) is 12.3 Å². The smallest absolute Gasteiger partial charge is 0.120 e. The van der Waals surface area contributed by atoms with E-state index in [0.717, 1.165) is 36.8 Å². The lowest BCUT2D eigenvalue weighted by atomic mass is 10.0. The lowest BCUT2D eigenvalue weighted by Gasteiger charge is -2.25. The monoisotopic (exact) mass is 249 g/mol. The van der Waals surface area contributed by atoms with Gasteiger partial charge in [0.15, 0.2) is 0 Å². The third kappa shape index (κ3) is 3.03. The molecule has 0 aromatic heterocycles. The minimum Gasteiger partial charge on any atom is -0.508 e. The number of aromatic hydroxyl groups is 1. The zero-order valence-corrected chi connectivity index (χ0v) is 11.2. The molecule has 1 atom stereocenters. The van der Waals surface area contributed by atoms with Gasteiger partial charge in [-0.2, -0.15) is 0 Å². The molecule has 1 unspecified atom stereocenters. The van der Waals surface area contributed by atoms with E-state index in [4.69, 9.17) is 0 Å². The number of phenols is 1. The van der Waals surface area contributed by atoms with Gasteiger partial charge in [-0.25, -0.2) is 0 Å². The average molecular weight is 249 g/mol. The van der Waals surface area contributed by atoms with Gasteiger partial charge < -0.3 is 15.5 Å². The van der Waals surface area contributed by atoms with Crippen LogP contribution < -0.4 is 5.32 Å². The van der Waals surface area contributed by atoms with Crippen molar-refractivity contribution in [2.45, 2.75) is 51.2 Å². The highest BCUT2D eigenvalue weighted by atomic mass is 16.3. The summed E-state index contributed by atoms with van der Waals surface area (Å²) in [4.78, 5) is 0. The summed E-state index contributed by atoms with van der Waals surface area (Å²) < 4.78 is 0. The number of nitrogens with one attached hydrogen (secondary N) is 1. The van der Waals surface area contributed by atoms with E-state index in [9.17, 15) is 10.2 Å². The SMILES string of the molecule is Cc1ccc(C(C)NCC2(O)CCCC2)c(O)c1. The van der Waals surface area contributed by atoms with Crippen LogP contribution in [0.25, 0.3) is 0 Å². The molecule has 1 aromatic rings. The summed E-state index contributed by atoms with van der Waals surface area (Å²) in [5, 5.41) is 23.5. The van der Waals surface area contributed by atoms with Crippen molar-refractivity contribution in [3.05, 3.63) is 29.3 Å². The summed E-state index contributed by atoms with van der Waals surface area (Å²) in [7, 11) is 0. The van der Waals surface area contributed by atoms with Crippen LogP contribution in [0.4, 0.5) is 0 Å². The Morgan fingerprint density at radius 1 is 1.33 bits per heavy atom. The van der Waals surface area contributed by atoms with Crippen LogP contribution in [-0.4, -0.2) is 22.4 Å². The second-order valence-corrected chi connectivity index (χ2v) is 5.60. The van der Waals surface area contributed by atoms with Crippen LogP contribution >= 0.6 is 0 Å². The van der Waals surface area contributed by atoms with Gasteiger partial charge in [-0.15, -0.1) is 0 Å². The molecule has 0 bridgehead atoms. The molecule has 0 saturated heterocycles. The Bertz CT molecular complexity index is 411. The summed E-state index contributed by atoms with van der Waals surface area (Å²) >= 11 is 0. The van der Waals surface area contributed by atoms with Gasteiger partial charge in [-0.3, -0.25) is 0 Å². The van der Waals surface area contributed by atoms with Gasteiger partial charge in [0.2, 0.25) is 0 Å². The van der Waals surface area contributed by atoms with E-state index in [1.54, 1.807) is 6.07 Å². The van der Waals surface area contributed by atoms with Crippen LogP contribution in [0, 0.1) is 6.92 Å². The highest BCUT2D eigenvalue weighted by Gasteiger charge is 2.31. The summed E-state index contributed by atoms with van der Waals surface area (Å²) in [5.41, 5.74) is 1.40. The number of aliphatic hydroxyl groups is 1. The first-order chi connectivity index (χ1) is 8.50. The molecule has 3 N–H and O–H groups in total. The quantitative estimate of drug-likeness (QED) is 0.769. The third-order valence-corrected chi connectivity index (χ3v) is 3.92. The van der Waals surface area contributed by atoms with Crippen molar-refractivity contribution in [2.75, 3.05) is 6.54 Å². The van der Waals surface area contributed by atoms with Gasteiger partial charge in [-0.05, 0) is 38.3 Å². The zero-order chi connectivity index (χ0) is 13.2. The number of hydrogen-bond acceptors (Lipinski definition) is 3. The van der Waals surface area contributed by atoms with E-state index < -0.39 is 5.60 Å². The first-order valence-electron chi connectivity index (χ1n) is 6.75. The molecule has 0 aliphatic heterocycles. The lowest BCUT2D eigenvalue weighted by Crippen LogP contribution is -2.39. The van der Waals surface area contributed by atoms with Gasteiger partial charge in [0, 0.05) is 18.2 Å². The van der Waals surface area contributed by atoms with Crippen molar-refractivity contribution in [1.29, 1.82) is 0 Å². The Balaban J connectivity index is 1.97. The van der Waals surface area contributed by atoms with Crippen LogP contribution in [-0.2, 0) is 0 Å². The van der Waals surface area contributed by atoms with E-state index in [1.807, 2.05) is 26.0 Å². The topological polar surface area (TPSA) is 52.5 Å². The summed E-state index contributed by atoms with van der Waals surface area (Å²) in [6.07, 6.45) is 3.99. The van der Waals surface area contributed by atoms with Crippen molar-refractivity contribution in [3.63, 3.8) is 0 Å². The lowest BCUT2D eigenvalue weighted by molar-refractivity contribution is 0.0452. The fourth-order valence-corrected chi connectivity index (χ4v) is 2.68.